The second kappa shape index (κ2) is 4.03. The second-order valence-electron chi connectivity index (χ2n) is 3.82. The van der Waals surface area contributed by atoms with E-state index in [1.165, 1.54) is 0 Å². The first-order valence-corrected chi connectivity index (χ1v) is 5.53. The Labute approximate surface area is 104 Å². The molecule has 1 aromatic carbocycles. The lowest BCUT2D eigenvalue weighted by Crippen LogP contribution is -2.03. The van der Waals surface area contributed by atoms with Gasteiger partial charge in [0.05, 0.1) is 12.8 Å². The average Bonchev–Trinajstić information content (AvgIpc) is 2.74. The molecule has 5 nitrogen and oxygen atoms in total. The van der Waals surface area contributed by atoms with Gasteiger partial charge in [0.2, 0.25) is 5.95 Å². The highest BCUT2D eigenvalue weighted by Gasteiger charge is 2.13. The number of ether oxygens (including phenoxy) is 1. The highest BCUT2D eigenvalue weighted by atomic mass is 16.5. The van der Waals surface area contributed by atoms with Crippen molar-refractivity contribution in [2.75, 3.05) is 12.8 Å². The van der Waals surface area contributed by atoms with Crippen LogP contribution in [0, 0.1) is 0 Å². The Bertz CT molecular complexity index is 705. The molecule has 0 bridgehead atoms. The Morgan fingerprint density at radius 3 is 2.83 bits per heavy atom. The van der Waals surface area contributed by atoms with E-state index in [0.29, 0.717) is 5.95 Å². The topological polar surface area (TPSA) is 66.0 Å². The molecule has 0 fully saturated rings. The molecule has 0 amide bonds. The fraction of sp³-hybridized carbons (Fsp3) is 0.0769. The third-order valence-electron chi connectivity index (χ3n) is 2.77. The molecule has 18 heavy (non-hydrogen) atoms. The van der Waals surface area contributed by atoms with Crippen LogP contribution in [0.5, 0.6) is 5.75 Å². The summed E-state index contributed by atoms with van der Waals surface area (Å²) in [5.74, 6) is 1.13. The lowest BCUT2D eigenvalue weighted by Gasteiger charge is -2.10. The molecule has 2 N–H and O–H groups in total. The quantitative estimate of drug-likeness (QED) is 0.744. The number of pyridine rings is 1. The van der Waals surface area contributed by atoms with E-state index < -0.39 is 0 Å². The van der Waals surface area contributed by atoms with Gasteiger partial charge in [0.1, 0.15) is 11.3 Å². The Hall–Kier alpha value is -2.56. The molecule has 0 aliphatic heterocycles. The van der Waals surface area contributed by atoms with Crippen molar-refractivity contribution in [1.82, 2.24) is 14.5 Å². The number of para-hydroxylation sites is 2. The summed E-state index contributed by atoms with van der Waals surface area (Å²) in [6.07, 6.45) is 1.72. The van der Waals surface area contributed by atoms with Crippen LogP contribution < -0.4 is 10.5 Å². The first-order valence-electron chi connectivity index (χ1n) is 5.53. The van der Waals surface area contributed by atoms with Crippen molar-refractivity contribution >= 4 is 17.1 Å². The molecule has 3 rings (SSSR count). The van der Waals surface area contributed by atoms with Crippen LogP contribution in [0.2, 0.25) is 0 Å². The number of imidazole rings is 1. The summed E-state index contributed by atoms with van der Waals surface area (Å²) in [6.45, 7) is 0. The molecule has 0 unspecified atom stereocenters. The fourth-order valence-electron chi connectivity index (χ4n) is 1.98. The first kappa shape index (κ1) is 10.6. The zero-order valence-electron chi connectivity index (χ0n) is 9.87. The van der Waals surface area contributed by atoms with Gasteiger partial charge in [-0.05, 0) is 24.3 Å². The Morgan fingerprint density at radius 2 is 2.00 bits per heavy atom. The van der Waals surface area contributed by atoms with E-state index in [1.54, 1.807) is 17.9 Å². The highest BCUT2D eigenvalue weighted by Crippen LogP contribution is 2.27. The van der Waals surface area contributed by atoms with Crippen LogP contribution in [0.4, 0.5) is 5.95 Å². The zero-order chi connectivity index (χ0) is 12.5. The number of hydrogen-bond acceptors (Lipinski definition) is 4. The second-order valence-corrected chi connectivity index (χ2v) is 3.82. The molecule has 2 heterocycles. The van der Waals surface area contributed by atoms with Gasteiger partial charge in [-0.1, -0.05) is 12.1 Å². The number of nitrogen functional groups attached to an aromatic ring is 1. The number of nitrogens with zero attached hydrogens (tertiary/aromatic N) is 3. The zero-order valence-corrected chi connectivity index (χ0v) is 9.87. The van der Waals surface area contributed by atoms with Crippen molar-refractivity contribution in [2.45, 2.75) is 0 Å². The summed E-state index contributed by atoms with van der Waals surface area (Å²) < 4.78 is 7.13. The van der Waals surface area contributed by atoms with Crippen LogP contribution in [-0.4, -0.2) is 21.6 Å². The van der Waals surface area contributed by atoms with Gasteiger partial charge in [0.15, 0.2) is 5.65 Å². The number of aromatic nitrogens is 3. The molecule has 0 radical (unpaired) electrons. The molecular formula is C13H12N4O. The monoisotopic (exact) mass is 240 g/mol. The third-order valence-corrected chi connectivity index (χ3v) is 2.77. The highest BCUT2D eigenvalue weighted by molar-refractivity contribution is 5.77. The van der Waals surface area contributed by atoms with Crippen LogP contribution in [0.1, 0.15) is 0 Å². The molecule has 90 valence electrons. The predicted octanol–water partition coefficient (Wildman–Crippen LogP) is 2.01. The molecule has 2 aromatic heterocycles. The van der Waals surface area contributed by atoms with Crippen molar-refractivity contribution in [3.05, 3.63) is 42.6 Å². The first-order chi connectivity index (χ1) is 8.81. The molecule has 0 saturated heterocycles. The molecule has 0 spiro atoms. The lowest BCUT2D eigenvalue weighted by molar-refractivity contribution is 0.413. The molecule has 3 aromatic rings. The van der Waals surface area contributed by atoms with Gasteiger partial charge < -0.3 is 10.5 Å². The minimum absolute atomic E-state index is 0.396. The van der Waals surface area contributed by atoms with Crippen molar-refractivity contribution in [3.8, 4) is 11.4 Å². The standard InChI is InChI=1S/C13H12N4O/c1-18-11-7-3-2-6-10(11)17-12-9(16-13(17)14)5-4-8-15-12/h2-8H,1H3,(H2,14,16). The maximum absolute atomic E-state index is 5.97. The van der Waals surface area contributed by atoms with E-state index in [0.717, 1.165) is 22.6 Å². The SMILES string of the molecule is COc1ccccc1-n1c(N)nc2cccnc21. The van der Waals surface area contributed by atoms with Crippen LogP contribution >= 0.6 is 0 Å². The number of hydrogen-bond donors (Lipinski definition) is 1. The van der Waals surface area contributed by atoms with Crippen LogP contribution in [0.15, 0.2) is 42.6 Å². The normalized spacial score (nSPS) is 10.7. The number of methoxy groups -OCH3 is 1. The van der Waals surface area contributed by atoms with E-state index >= 15 is 0 Å². The maximum Gasteiger partial charge on any atom is 0.207 e. The van der Waals surface area contributed by atoms with E-state index in [4.69, 9.17) is 10.5 Å². The summed E-state index contributed by atoms with van der Waals surface area (Å²) in [4.78, 5) is 8.61. The maximum atomic E-state index is 5.97. The molecule has 5 heteroatoms. The summed E-state index contributed by atoms with van der Waals surface area (Å²) in [6, 6.07) is 11.3. The predicted molar refractivity (Wildman–Crippen MR) is 69.8 cm³/mol. The van der Waals surface area contributed by atoms with Crippen molar-refractivity contribution in [3.63, 3.8) is 0 Å². The summed E-state index contributed by atoms with van der Waals surface area (Å²) >= 11 is 0. The number of rotatable bonds is 2. The van der Waals surface area contributed by atoms with Crippen molar-refractivity contribution in [2.24, 2.45) is 0 Å². The average molecular weight is 240 g/mol. The molecule has 0 aliphatic rings. The van der Waals surface area contributed by atoms with Gasteiger partial charge in [-0.2, -0.15) is 0 Å². The molecular weight excluding hydrogens is 228 g/mol. The van der Waals surface area contributed by atoms with Gasteiger partial charge in [0.25, 0.3) is 0 Å². The van der Waals surface area contributed by atoms with E-state index in [9.17, 15) is 0 Å². The fourth-order valence-corrected chi connectivity index (χ4v) is 1.98. The van der Waals surface area contributed by atoms with Gasteiger partial charge in [-0.3, -0.25) is 4.57 Å². The van der Waals surface area contributed by atoms with Gasteiger partial charge >= 0.3 is 0 Å². The van der Waals surface area contributed by atoms with E-state index in [-0.39, 0.29) is 0 Å². The molecule has 0 saturated carbocycles. The van der Waals surface area contributed by atoms with Gasteiger partial charge in [-0.25, -0.2) is 9.97 Å². The van der Waals surface area contributed by atoms with Gasteiger partial charge in [0, 0.05) is 6.20 Å². The minimum atomic E-state index is 0.396. The third kappa shape index (κ3) is 1.48. The van der Waals surface area contributed by atoms with Crippen LogP contribution in [-0.2, 0) is 0 Å². The Kier molecular flexibility index (Phi) is 2.37. The van der Waals surface area contributed by atoms with Crippen molar-refractivity contribution < 1.29 is 4.74 Å². The van der Waals surface area contributed by atoms with E-state index in [1.807, 2.05) is 36.4 Å². The van der Waals surface area contributed by atoms with Crippen LogP contribution in [0.3, 0.4) is 0 Å². The summed E-state index contributed by atoms with van der Waals surface area (Å²) in [5, 5.41) is 0. The summed E-state index contributed by atoms with van der Waals surface area (Å²) in [5.41, 5.74) is 8.28. The number of fused-ring (bicyclic) bond motifs is 1. The van der Waals surface area contributed by atoms with Crippen molar-refractivity contribution in [1.29, 1.82) is 0 Å². The van der Waals surface area contributed by atoms with Gasteiger partial charge in [-0.15, -0.1) is 0 Å². The summed E-state index contributed by atoms with van der Waals surface area (Å²) in [7, 11) is 1.63. The molecule has 0 atom stereocenters. The smallest absolute Gasteiger partial charge is 0.207 e. The lowest BCUT2D eigenvalue weighted by atomic mass is 10.3. The minimum Gasteiger partial charge on any atom is -0.495 e. The Morgan fingerprint density at radius 1 is 1.17 bits per heavy atom. The number of nitrogens with two attached hydrogens (primary N) is 1. The van der Waals surface area contributed by atoms with E-state index in [2.05, 4.69) is 9.97 Å². The number of anilines is 1. The Balaban J connectivity index is 2.34. The van der Waals surface area contributed by atoms with Crippen LogP contribution in [0.25, 0.3) is 16.9 Å². The largest absolute Gasteiger partial charge is 0.495 e. The number of benzene rings is 1. The molecule has 0 aliphatic carbocycles.